The zero-order valence-corrected chi connectivity index (χ0v) is 27.0. The Labute approximate surface area is 276 Å². The van der Waals surface area contributed by atoms with Gasteiger partial charge in [0.1, 0.15) is 32.1 Å². The molecule has 0 amide bonds. The normalized spacial score (nSPS) is 12.7. The molecule has 0 saturated carbocycles. The molecule has 228 valence electrons. The van der Waals surface area contributed by atoms with Crippen LogP contribution in [0.2, 0.25) is 10.0 Å². The number of anilines is 2. The van der Waals surface area contributed by atoms with Crippen LogP contribution in [0.25, 0.3) is 0 Å². The fourth-order valence-electron chi connectivity index (χ4n) is 5.00. The van der Waals surface area contributed by atoms with Crippen LogP contribution in [0.4, 0.5) is 34.1 Å². The van der Waals surface area contributed by atoms with Gasteiger partial charge < -0.3 is 19.3 Å². The number of halogens is 2. The Morgan fingerprint density at radius 3 is 1.33 bits per heavy atom. The van der Waals surface area contributed by atoms with Crippen molar-refractivity contribution in [2.45, 2.75) is 0 Å². The second kappa shape index (κ2) is 12.0. The molecule has 0 bridgehead atoms. The highest BCUT2D eigenvalue weighted by Gasteiger charge is 2.27. The van der Waals surface area contributed by atoms with Crippen LogP contribution in [0.15, 0.2) is 105 Å². The summed E-state index contributed by atoms with van der Waals surface area (Å²) in [6.45, 7) is 0. The largest absolute Gasteiger partial charge is 0.451 e. The van der Waals surface area contributed by atoms with E-state index in [1.807, 2.05) is 126 Å². The number of ether oxygens (including phenoxy) is 2. The van der Waals surface area contributed by atoms with Gasteiger partial charge in [-0.05, 0) is 59.7 Å². The van der Waals surface area contributed by atoms with E-state index < -0.39 is 0 Å². The van der Waals surface area contributed by atoms with E-state index in [0.29, 0.717) is 56.5 Å². The molecule has 0 aromatic heterocycles. The van der Waals surface area contributed by atoms with Crippen molar-refractivity contribution in [2.24, 2.45) is 20.0 Å². The van der Waals surface area contributed by atoms with Gasteiger partial charge in [0, 0.05) is 64.1 Å². The highest BCUT2D eigenvalue weighted by molar-refractivity contribution is 6.35. The van der Waals surface area contributed by atoms with E-state index in [1.165, 1.54) is 0 Å². The van der Waals surface area contributed by atoms with Crippen LogP contribution in [-0.4, -0.2) is 40.6 Å². The smallest absolute Gasteiger partial charge is 0.175 e. The zero-order chi connectivity index (χ0) is 31.9. The predicted molar refractivity (Wildman–Crippen MR) is 187 cm³/mol. The number of aliphatic imine (C=N–C) groups is 2. The third-order valence-corrected chi connectivity index (χ3v) is 8.27. The first kappa shape index (κ1) is 29.5. The Morgan fingerprint density at radius 2 is 0.957 bits per heavy atom. The minimum absolute atomic E-state index is 0.257. The molecule has 0 fully saturated rings. The number of hydrogen-bond acceptors (Lipinski definition) is 8. The van der Waals surface area contributed by atoms with Crippen molar-refractivity contribution in [3.05, 3.63) is 117 Å². The second-order valence-electron chi connectivity index (χ2n) is 11.2. The zero-order valence-electron chi connectivity index (χ0n) is 25.5. The van der Waals surface area contributed by atoms with Gasteiger partial charge in [0.2, 0.25) is 0 Å². The maximum atomic E-state index is 6.87. The van der Waals surface area contributed by atoms with E-state index in [1.54, 1.807) is 0 Å². The molecule has 5 aromatic carbocycles. The summed E-state index contributed by atoms with van der Waals surface area (Å²) in [6.07, 6.45) is 3.62. The molecule has 7 rings (SSSR count). The molecular weight excluding hydrogens is 619 g/mol. The third-order valence-electron chi connectivity index (χ3n) is 7.56. The molecule has 2 aliphatic heterocycles. The highest BCUT2D eigenvalue weighted by atomic mass is 35.5. The number of nitrogens with zero attached hydrogens (tertiary/aromatic N) is 6. The maximum Gasteiger partial charge on any atom is 0.175 e. The number of fused-ring (bicyclic) bond motifs is 4. The van der Waals surface area contributed by atoms with Crippen LogP contribution >= 0.6 is 23.2 Å². The minimum Gasteiger partial charge on any atom is -0.451 e. The van der Waals surface area contributed by atoms with Crippen molar-refractivity contribution in [1.82, 2.24) is 0 Å². The fraction of sp³-hybridized carbons (Fsp3) is 0.111. The lowest BCUT2D eigenvalue weighted by Crippen LogP contribution is -2.22. The Balaban J connectivity index is 1.16. The van der Waals surface area contributed by atoms with Gasteiger partial charge in [-0.2, -0.15) is 0 Å². The summed E-state index contributed by atoms with van der Waals surface area (Å²) < 4.78 is 12.5. The Kier molecular flexibility index (Phi) is 7.68. The number of rotatable bonds is 6. The van der Waals surface area contributed by atoms with Gasteiger partial charge in [0.25, 0.3) is 0 Å². The van der Waals surface area contributed by atoms with Crippen molar-refractivity contribution in [1.29, 1.82) is 0 Å². The highest BCUT2D eigenvalue weighted by Crippen LogP contribution is 2.44. The molecule has 0 radical (unpaired) electrons. The Bertz CT molecular complexity index is 2020. The first-order chi connectivity index (χ1) is 22.2. The van der Waals surface area contributed by atoms with Crippen molar-refractivity contribution in [3.8, 4) is 23.0 Å². The van der Waals surface area contributed by atoms with Crippen molar-refractivity contribution in [3.63, 3.8) is 0 Å². The van der Waals surface area contributed by atoms with Gasteiger partial charge in [0.05, 0.1) is 11.4 Å². The van der Waals surface area contributed by atoms with Crippen LogP contribution in [0, 0.1) is 0 Å². The van der Waals surface area contributed by atoms with Crippen LogP contribution in [0.5, 0.6) is 23.0 Å². The fourth-order valence-corrected chi connectivity index (χ4v) is 5.51. The first-order valence-electron chi connectivity index (χ1n) is 14.5. The second-order valence-corrected chi connectivity index (χ2v) is 12.0. The lowest BCUT2D eigenvalue weighted by atomic mass is 10.2. The van der Waals surface area contributed by atoms with Gasteiger partial charge >= 0.3 is 0 Å². The average Bonchev–Trinajstić information content (AvgIpc) is 3.07. The summed E-state index contributed by atoms with van der Waals surface area (Å²) in [5, 5.41) is 1.27. The van der Waals surface area contributed by atoms with Gasteiger partial charge in [0.15, 0.2) is 23.0 Å². The molecule has 0 atom stereocenters. The maximum absolute atomic E-state index is 6.87. The molecule has 2 heterocycles. The molecule has 46 heavy (non-hydrogen) atoms. The van der Waals surface area contributed by atoms with Gasteiger partial charge in [-0.3, -0.25) is 9.98 Å². The summed E-state index contributed by atoms with van der Waals surface area (Å²) >= 11 is 13.7. The summed E-state index contributed by atoms with van der Waals surface area (Å²) in [5.41, 5.74) is 6.82. The van der Waals surface area contributed by atoms with Crippen LogP contribution in [0.3, 0.4) is 0 Å². The molecule has 0 N–H and O–H groups in total. The third kappa shape index (κ3) is 5.69. The first-order valence-corrected chi connectivity index (χ1v) is 15.2. The topological polar surface area (TPSA) is 74.4 Å². The Morgan fingerprint density at radius 1 is 0.565 bits per heavy atom. The monoisotopic (exact) mass is 646 g/mol. The van der Waals surface area contributed by atoms with Crippen molar-refractivity contribution in [2.75, 3.05) is 38.0 Å². The van der Waals surface area contributed by atoms with Gasteiger partial charge in [-0.15, -0.1) is 0 Å². The minimum atomic E-state index is 0.257. The summed E-state index contributed by atoms with van der Waals surface area (Å²) in [4.78, 5) is 22.9. The molecule has 2 aliphatic rings. The Hall–Kier alpha value is -5.18. The SMILES string of the molecule is CN(C)c1ccc(C=Nc2ccc3c(c2)Oc2c(Cl)c4c(c(Cl)c2=N3)Oc2cc(N=Cc3ccc(N(C)C)cc3)ccc2N=4)cc1. The standard InChI is InChI=1S/C36H28Cl2N6O2/c1-43(2)25-11-5-21(6-12-25)19-39-23-9-15-27-29(17-23)45-35-31(37)34-36(32(38)33(35)41-27)46-30-18-24(10-16-28(30)42-34)40-20-22-7-13-26(14-8-22)44(3)4/h5-20H,1-4H3. The van der Waals surface area contributed by atoms with Crippen LogP contribution < -0.4 is 30.0 Å². The van der Waals surface area contributed by atoms with E-state index >= 15 is 0 Å². The van der Waals surface area contributed by atoms with E-state index in [0.717, 1.165) is 22.5 Å². The van der Waals surface area contributed by atoms with Gasteiger partial charge in [-0.1, -0.05) is 47.5 Å². The molecule has 0 aliphatic carbocycles. The summed E-state index contributed by atoms with van der Waals surface area (Å²) in [6, 6.07) is 27.3. The average molecular weight is 648 g/mol. The lowest BCUT2D eigenvalue weighted by Gasteiger charge is -2.21. The van der Waals surface area contributed by atoms with E-state index in [2.05, 4.69) is 19.8 Å². The molecule has 5 aromatic rings. The summed E-state index contributed by atoms with van der Waals surface area (Å²) in [5.74, 6) is 1.66. The van der Waals surface area contributed by atoms with E-state index in [4.69, 9.17) is 42.7 Å². The molecule has 0 unspecified atom stereocenters. The van der Waals surface area contributed by atoms with Crippen LogP contribution in [-0.2, 0) is 0 Å². The quantitative estimate of drug-likeness (QED) is 0.169. The van der Waals surface area contributed by atoms with Crippen molar-refractivity contribution >= 4 is 69.8 Å². The molecule has 0 saturated heterocycles. The van der Waals surface area contributed by atoms with Crippen LogP contribution in [0.1, 0.15) is 11.1 Å². The molecule has 10 heteroatoms. The predicted octanol–water partition coefficient (Wildman–Crippen LogP) is 8.74. The van der Waals surface area contributed by atoms with E-state index in [9.17, 15) is 0 Å². The van der Waals surface area contributed by atoms with Crippen molar-refractivity contribution < 1.29 is 9.47 Å². The number of hydrogen-bond donors (Lipinski definition) is 0. The van der Waals surface area contributed by atoms with E-state index in [-0.39, 0.29) is 10.0 Å². The molecule has 0 spiro atoms. The lowest BCUT2D eigenvalue weighted by molar-refractivity contribution is 0.451. The summed E-state index contributed by atoms with van der Waals surface area (Å²) in [7, 11) is 8.03. The molecule has 8 nitrogen and oxygen atoms in total. The number of benzene rings is 5. The van der Waals surface area contributed by atoms with Gasteiger partial charge in [-0.25, -0.2) is 9.98 Å². The molecular formula is C36H28Cl2N6O2.